The molecule has 2 aromatic rings. The summed E-state index contributed by atoms with van der Waals surface area (Å²) < 4.78 is 21.1. The van der Waals surface area contributed by atoms with Gasteiger partial charge in [-0.25, -0.2) is 0 Å². The number of methoxy groups -OCH3 is 4. The molecule has 2 rings (SSSR count). The predicted octanol–water partition coefficient (Wildman–Crippen LogP) is 3.53. The van der Waals surface area contributed by atoms with Gasteiger partial charge in [-0.15, -0.1) is 0 Å². The van der Waals surface area contributed by atoms with E-state index >= 15 is 0 Å². The summed E-state index contributed by atoms with van der Waals surface area (Å²) in [4.78, 5) is 0. The lowest BCUT2D eigenvalue weighted by Gasteiger charge is -2.27. The summed E-state index contributed by atoms with van der Waals surface area (Å²) in [6.45, 7) is 3.69. The van der Waals surface area contributed by atoms with Gasteiger partial charge < -0.3 is 24.1 Å². The van der Waals surface area contributed by atoms with E-state index in [0.29, 0.717) is 26.4 Å². The summed E-state index contributed by atoms with van der Waals surface area (Å²) in [6.07, 6.45) is 0. The normalized spacial score (nSPS) is 11.8. The van der Waals surface area contributed by atoms with Crippen molar-refractivity contribution in [3.63, 3.8) is 0 Å². The minimum atomic E-state index is -1.18. The van der Waals surface area contributed by atoms with Crippen molar-refractivity contribution in [2.45, 2.75) is 39.0 Å². The summed E-state index contributed by atoms with van der Waals surface area (Å²) in [5.41, 5.74) is 4.38. The Morgan fingerprint density at radius 1 is 0.593 bits per heavy atom. The molecule has 0 bridgehead atoms. The van der Waals surface area contributed by atoms with Crippen LogP contribution in [0.3, 0.4) is 0 Å². The molecule has 2 aromatic carbocycles. The van der Waals surface area contributed by atoms with Crippen LogP contribution in [0.2, 0.25) is 0 Å². The molecule has 0 amide bonds. The first-order valence-electron chi connectivity index (χ1n) is 8.89. The maximum Gasteiger partial charge on any atom is 0.112 e. The van der Waals surface area contributed by atoms with Gasteiger partial charge in [-0.3, -0.25) is 0 Å². The lowest BCUT2D eigenvalue weighted by atomic mass is 9.85. The molecule has 0 aliphatic carbocycles. The van der Waals surface area contributed by atoms with Crippen molar-refractivity contribution in [3.8, 4) is 0 Å². The summed E-state index contributed by atoms with van der Waals surface area (Å²) in [5, 5.41) is 11.5. The largest absolute Gasteiger partial charge is 0.381 e. The van der Waals surface area contributed by atoms with Crippen molar-refractivity contribution in [1.29, 1.82) is 0 Å². The van der Waals surface area contributed by atoms with Crippen LogP contribution in [0.15, 0.2) is 36.4 Å². The molecule has 0 spiro atoms. The van der Waals surface area contributed by atoms with Crippen LogP contribution < -0.4 is 0 Å². The van der Waals surface area contributed by atoms with Crippen molar-refractivity contribution in [1.82, 2.24) is 0 Å². The van der Waals surface area contributed by atoms with Gasteiger partial charge in [-0.05, 0) is 40.3 Å². The molecule has 27 heavy (non-hydrogen) atoms. The highest BCUT2D eigenvalue weighted by Gasteiger charge is 2.27. The second kappa shape index (κ2) is 9.97. The first-order chi connectivity index (χ1) is 12.9. The fourth-order valence-corrected chi connectivity index (χ4v) is 3.25. The Morgan fingerprint density at radius 2 is 0.852 bits per heavy atom. The SMILES string of the molecule is COCc1cc(COC)cc(C(C)(O)c2cc(COC)cc(COC)c2)c1. The van der Waals surface area contributed by atoms with E-state index in [0.717, 1.165) is 33.4 Å². The standard InChI is InChI=1S/C22H30O5/c1-22(23,20-8-16(12-24-2)6-17(9-20)13-25-3)21-10-18(14-26-4)7-19(11-21)15-27-5/h6-11,23H,12-15H2,1-5H3. The molecule has 5 heteroatoms. The Bertz CT molecular complexity index is 629. The van der Waals surface area contributed by atoms with Gasteiger partial charge in [0.25, 0.3) is 0 Å². The van der Waals surface area contributed by atoms with Crippen LogP contribution in [-0.2, 0) is 51.0 Å². The fraction of sp³-hybridized carbons (Fsp3) is 0.455. The van der Waals surface area contributed by atoms with Gasteiger partial charge in [0.2, 0.25) is 0 Å². The minimum Gasteiger partial charge on any atom is -0.381 e. The molecule has 5 nitrogen and oxygen atoms in total. The lowest BCUT2D eigenvalue weighted by Crippen LogP contribution is -2.24. The molecule has 0 aliphatic rings. The first kappa shape index (κ1) is 21.5. The molecule has 1 N–H and O–H groups in total. The third kappa shape index (κ3) is 5.61. The summed E-state index contributed by atoms with van der Waals surface area (Å²) in [5.74, 6) is 0. The van der Waals surface area contributed by atoms with E-state index in [1.165, 1.54) is 0 Å². The quantitative estimate of drug-likeness (QED) is 0.689. The average Bonchev–Trinajstić information content (AvgIpc) is 2.62. The van der Waals surface area contributed by atoms with Crippen LogP contribution >= 0.6 is 0 Å². The molecule has 0 unspecified atom stereocenters. The topological polar surface area (TPSA) is 57.2 Å². The number of aliphatic hydroxyl groups is 1. The monoisotopic (exact) mass is 374 g/mol. The average molecular weight is 374 g/mol. The second-order valence-corrected chi connectivity index (χ2v) is 6.88. The van der Waals surface area contributed by atoms with Crippen LogP contribution in [0, 0.1) is 0 Å². The molecule has 0 aliphatic heterocycles. The van der Waals surface area contributed by atoms with E-state index in [9.17, 15) is 5.11 Å². The third-order valence-electron chi connectivity index (χ3n) is 4.47. The van der Waals surface area contributed by atoms with Crippen molar-refractivity contribution < 1.29 is 24.1 Å². The third-order valence-corrected chi connectivity index (χ3v) is 4.47. The minimum absolute atomic E-state index is 0.472. The van der Waals surface area contributed by atoms with Crippen LogP contribution in [-0.4, -0.2) is 33.5 Å². The summed E-state index contributed by atoms with van der Waals surface area (Å²) in [6, 6.07) is 12.0. The van der Waals surface area contributed by atoms with E-state index < -0.39 is 5.60 Å². The van der Waals surface area contributed by atoms with E-state index in [2.05, 4.69) is 0 Å². The van der Waals surface area contributed by atoms with Gasteiger partial charge in [-0.2, -0.15) is 0 Å². The summed E-state index contributed by atoms with van der Waals surface area (Å²) in [7, 11) is 6.64. The van der Waals surface area contributed by atoms with Crippen molar-refractivity contribution >= 4 is 0 Å². The molecular weight excluding hydrogens is 344 g/mol. The van der Waals surface area contributed by atoms with Crippen LogP contribution in [0.5, 0.6) is 0 Å². The summed E-state index contributed by atoms with van der Waals surface area (Å²) >= 11 is 0. The van der Waals surface area contributed by atoms with Gasteiger partial charge in [0.05, 0.1) is 26.4 Å². The van der Waals surface area contributed by atoms with Crippen LogP contribution in [0.4, 0.5) is 0 Å². The highest BCUT2D eigenvalue weighted by molar-refractivity contribution is 5.42. The van der Waals surface area contributed by atoms with E-state index in [4.69, 9.17) is 18.9 Å². The molecule has 0 radical (unpaired) electrons. The second-order valence-electron chi connectivity index (χ2n) is 6.88. The van der Waals surface area contributed by atoms with Gasteiger partial charge in [0.1, 0.15) is 5.60 Å². The van der Waals surface area contributed by atoms with E-state index in [-0.39, 0.29) is 0 Å². The van der Waals surface area contributed by atoms with Crippen molar-refractivity contribution in [2.75, 3.05) is 28.4 Å². The molecule has 148 valence electrons. The zero-order chi connectivity index (χ0) is 19.9. The van der Waals surface area contributed by atoms with Crippen LogP contribution in [0.1, 0.15) is 40.3 Å². The first-order valence-corrected chi connectivity index (χ1v) is 8.89. The Balaban J connectivity index is 2.52. The number of hydrogen-bond donors (Lipinski definition) is 1. The zero-order valence-electron chi connectivity index (χ0n) is 16.9. The van der Waals surface area contributed by atoms with E-state index in [1.54, 1.807) is 35.4 Å². The number of hydrogen-bond acceptors (Lipinski definition) is 5. The van der Waals surface area contributed by atoms with Gasteiger partial charge >= 0.3 is 0 Å². The molecule has 0 atom stereocenters. The van der Waals surface area contributed by atoms with Crippen molar-refractivity contribution in [3.05, 3.63) is 69.8 Å². The molecule has 0 fully saturated rings. The number of ether oxygens (including phenoxy) is 4. The highest BCUT2D eigenvalue weighted by Crippen LogP contribution is 2.32. The van der Waals surface area contributed by atoms with Gasteiger partial charge in [0, 0.05) is 28.4 Å². The Labute approximate surface area is 161 Å². The van der Waals surface area contributed by atoms with Crippen LogP contribution in [0.25, 0.3) is 0 Å². The maximum absolute atomic E-state index is 11.5. The van der Waals surface area contributed by atoms with Gasteiger partial charge in [-0.1, -0.05) is 36.4 Å². The number of benzene rings is 2. The zero-order valence-corrected chi connectivity index (χ0v) is 16.9. The van der Waals surface area contributed by atoms with Gasteiger partial charge in [0.15, 0.2) is 0 Å². The fourth-order valence-electron chi connectivity index (χ4n) is 3.25. The molecule has 0 saturated heterocycles. The molecule has 0 saturated carbocycles. The van der Waals surface area contributed by atoms with E-state index in [1.807, 2.05) is 36.4 Å². The Hall–Kier alpha value is -1.76. The number of rotatable bonds is 10. The molecule has 0 heterocycles. The predicted molar refractivity (Wildman–Crippen MR) is 104 cm³/mol. The lowest BCUT2D eigenvalue weighted by molar-refractivity contribution is 0.100. The smallest absolute Gasteiger partial charge is 0.112 e. The Morgan fingerprint density at radius 3 is 1.07 bits per heavy atom. The highest BCUT2D eigenvalue weighted by atomic mass is 16.5. The molecule has 0 aromatic heterocycles. The maximum atomic E-state index is 11.5. The Kier molecular flexibility index (Phi) is 7.95. The molecular formula is C22H30O5. The van der Waals surface area contributed by atoms with Crippen molar-refractivity contribution in [2.24, 2.45) is 0 Å².